The minimum Gasteiger partial charge on any atom is -0.463 e. The smallest absolute Gasteiger partial charge is 0.294 e. The fourth-order valence-corrected chi connectivity index (χ4v) is 2.85. The van der Waals surface area contributed by atoms with E-state index in [0.29, 0.717) is 22.1 Å². The fourth-order valence-electron chi connectivity index (χ4n) is 2.55. The highest BCUT2D eigenvalue weighted by atomic mass is 35.5. The highest BCUT2D eigenvalue weighted by Crippen LogP contribution is 2.31. The van der Waals surface area contributed by atoms with E-state index in [1.165, 1.54) is 10.9 Å². The molecule has 152 valence electrons. The van der Waals surface area contributed by atoms with E-state index >= 15 is 0 Å². The van der Waals surface area contributed by atoms with E-state index in [1.807, 2.05) is 0 Å². The van der Waals surface area contributed by atoms with Crippen molar-refractivity contribution in [3.63, 3.8) is 0 Å². The molecular weight excluding hydrogens is 435 g/mol. The number of carbonyl (C=O) groups excluding carboxylic acids is 1. The number of furan rings is 1. The van der Waals surface area contributed by atoms with Crippen LogP contribution in [-0.2, 0) is 0 Å². The van der Waals surface area contributed by atoms with Crippen LogP contribution in [0.15, 0.2) is 50.7 Å². The second-order valence-electron chi connectivity index (χ2n) is 5.92. The highest BCUT2D eigenvalue weighted by molar-refractivity contribution is 6.42. The number of carbonyl (C=O) groups is 1. The highest BCUT2D eigenvalue weighted by Gasteiger charge is 2.25. The lowest BCUT2D eigenvalue weighted by Crippen LogP contribution is -2.20. The zero-order valence-electron chi connectivity index (χ0n) is 15.2. The lowest BCUT2D eigenvalue weighted by molar-refractivity contribution is 0.0950. The van der Waals surface area contributed by atoms with Gasteiger partial charge in [-0.25, -0.2) is 10.1 Å². The van der Waals surface area contributed by atoms with Crippen LogP contribution in [0.5, 0.6) is 0 Å². The van der Waals surface area contributed by atoms with Gasteiger partial charge in [-0.05, 0) is 41.5 Å². The van der Waals surface area contributed by atoms with Crippen LogP contribution in [0.4, 0.5) is 5.82 Å². The molecule has 1 aromatic carbocycles. The van der Waals surface area contributed by atoms with Gasteiger partial charge in [0, 0.05) is 5.56 Å². The van der Waals surface area contributed by atoms with E-state index < -0.39 is 5.91 Å². The molecule has 3 aromatic heterocycles. The quantitative estimate of drug-likeness (QED) is 0.350. The van der Waals surface area contributed by atoms with Crippen molar-refractivity contribution in [2.24, 2.45) is 5.10 Å². The van der Waals surface area contributed by atoms with E-state index in [9.17, 15) is 4.79 Å². The summed E-state index contributed by atoms with van der Waals surface area (Å²) in [5.74, 6) is -0.119. The zero-order valence-corrected chi connectivity index (χ0v) is 16.7. The SMILES string of the molecule is CC(=NNC(=O)c1nnn(-c2nonc2N)c1-c1ccc(Cl)c(Cl)c1)c1ccco1. The zero-order chi connectivity index (χ0) is 21.3. The van der Waals surface area contributed by atoms with Gasteiger partial charge in [0.15, 0.2) is 5.69 Å². The lowest BCUT2D eigenvalue weighted by atomic mass is 10.1. The van der Waals surface area contributed by atoms with Gasteiger partial charge in [0.2, 0.25) is 11.6 Å². The fraction of sp³-hybridized carbons (Fsp3) is 0.0588. The summed E-state index contributed by atoms with van der Waals surface area (Å²) in [5.41, 5.74) is 9.31. The molecule has 3 N–H and O–H groups in total. The molecular formula is C17H12Cl2N8O3. The van der Waals surface area contributed by atoms with Gasteiger partial charge in [-0.3, -0.25) is 4.79 Å². The van der Waals surface area contributed by atoms with Crippen molar-refractivity contribution in [3.8, 4) is 17.1 Å². The normalized spacial score (nSPS) is 11.6. The van der Waals surface area contributed by atoms with Gasteiger partial charge < -0.3 is 10.2 Å². The molecule has 11 nitrogen and oxygen atoms in total. The molecule has 0 aliphatic carbocycles. The Balaban J connectivity index is 1.77. The summed E-state index contributed by atoms with van der Waals surface area (Å²) >= 11 is 12.2. The standard InChI is InChI=1S/C17H12Cl2N8O3/c1-8(12-3-2-6-29-12)21-23-17(28)13-14(9-4-5-10(18)11(19)7-9)27(26-22-13)16-15(20)24-30-25-16/h2-7H,1H3,(H2,20,24)(H,23,28). The average Bonchev–Trinajstić information content (AvgIpc) is 3.48. The van der Waals surface area contributed by atoms with Crippen molar-refractivity contribution in [2.75, 3.05) is 5.73 Å². The maximum atomic E-state index is 12.8. The summed E-state index contributed by atoms with van der Waals surface area (Å²) in [6.07, 6.45) is 1.50. The first-order chi connectivity index (χ1) is 14.5. The Morgan fingerprint density at radius 3 is 2.73 bits per heavy atom. The van der Waals surface area contributed by atoms with Gasteiger partial charge in [-0.2, -0.15) is 9.78 Å². The maximum Gasteiger partial charge on any atom is 0.294 e. The van der Waals surface area contributed by atoms with Crippen LogP contribution in [0.2, 0.25) is 10.0 Å². The summed E-state index contributed by atoms with van der Waals surface area (Å²) in [7, 11) is 0. The van der Waals surface area contributed by atoms with Gasteiger partial charge >= 0.3 is 0 Å². The number of amides is 1. The van der Waals surface area contributed by atoms with E-state index in [-0.39, 0.29) is 28.0 Å². The monoisotopic (exact) mass is 446 g/mol. The van der Waals surface area contributed by atoms with E-state index in [0.717, 1.165) is 0 Å². The van der Waals surface area contributed by atoms with Crippen molar-refractivity contribution in [3.05, 3.63) is 58.1 Å². The summed E-state index contributed by atoms with van der Waals surface area (Å²) in [6, 6.07) is 8.18. The third kappa shape index (κ3) is 3.63. The summed E-state index contributed by atoms with van der Waals surface area (Å²) < 4.78 is 11.1. The summed E-state index contributed by atoms with van der Waals surface area (Å²) in [6.45, 7) is 1.68. The molecule has 0 atom stereocenters. The lowest BCUT2D eigenvalue weighted by Gasteiger charge is -2.07. The molecule has 0 saturated heterocycles. The van der Waals surface area contributed by atoms with Crippen LogP contribution in [0.3, 0.4) is 0 Å². The maximum absolute atomic E-state index is 12.8. The third-order valence-electron chi connectivity index (χ3n) is 3.98. The minimum absolute atomic E-state index is 0.0418. The number of nitrogens with one attached hydrogen (secondary N) is 1. The van der Waals surface area contributed by atoms with Gasteiger partial charge in [0.1, 0.15) is 17.2 Å². The molecule has 1 amide bonds. The second kappa shape index (κ2) is 7.97. The molecule has 0 bridgehead atoms. The molecule has 4 rings (SSSR count). The number of nitrogen functional groups attached to an aromatic ring is 1. The summed E-state index contributed by atoms with van der Waals surface area (Å²) in [4.78, 5) is 12.8. The van der Waals surface area contributed by atoms with Crippen molar-refractivity contribution in [2.45, 2.75) is 6.92 Å². The number of aromatic nitrogens is 5. The number of halogens is 2. The van der Waals surface area contributed by atoms with Crippen LogP contribution < -0.4 is 11.2 Å². The molecule has 0 aliphatic heterocycles. The molecule has 0 saturated carbocycles. The third-order valence-corrected chi connectivity index (χ3v) is 4.72. The van der Waals surface area contributed by atoms with Gasteiger partial charge in [0.05, 0.1) is 16.3 Å². The van der Waals surface area contributed by atoms with Gasteiger partial charge in [-0.1, -0.05) is 34.5 Å². The number of hydrogen-bond acceptors (Lipinski definition) is 9. The molecule has 0 fully saturated rings. The number of hydrogen-bond donors (Lipinski definition) is 2. The molecule has 0 radical (unpaired) electrons. The Hall–Kier alpha value is -3.70. The number of hydrazone groups is 1. The number of nitrogens with two attached hydrogens (primary N) is 1. The second-order valence-corrected chi connectivity index (χ2v) is 6.73. The molecule has 13 heteroatoms. The van der Waals surface area contributed by atoms with Crippen LogP contribution in [0, 0.1) is 0 Å². The van der Waals surface area contributed by atoms with Crippen molar-refractivity contribution < 1.29 is 13.8 Å². The van der Waals surface area contributed by atoms with E-state index in [1.54, 1.807) is 37.3 Å². The average molecular weight is 447 g/mol. The largest absolute Gasteiger partial charge is 0.463 e. The Morgan fingerprint density at radius 2 is 2.07 bits per heavy atom. The predicted octanol–water partition coefficient (Wildman–Crippen LogP) is 2.95. The van der Waals surface area contributed by atoms with Crippen LogP contribution in [0.1, 0.15) is 23.2 Å². The number of rotatable bonds is 5. The Kier molecular flexibility index (Phi) is 5.21. The van der Waals surface area contributed by atoms with E-state index in [2.05, 4.69) is 35.8 Å². The first-order valence-electron chi connectivity index (χ1n) is 8.33. The Labute approximate surface area is 178 Å². The van der Waals surface area contributed by atoms with Gasteiger partial charge in [0.25, 0.3) is 5.91 Å². The minimum atomic E-state index is -0.636. The van der Waals surface area contributed by atoms with E-state index in [4.69, 9.17) is 33.4 Å². The Morgan fingerprint density at radius 1 is 1.23 bits per heavy atom. The molecule has 30 heavy (non-hydrogen) atoms. The molecule has 4 aromatic rings. The number of anilines is 1. The molecule has 0 aliphatic rings. The Bertz CT molecular complexity index is 1250. The van der Waals surface area contributed by atoms with Crippen molar-refractivity contribution in [1.82, 2.24) is 30.7 Å². The van der Waals surface area contributed by atoms with Gasteiger partial charge in [-0.15, -0.1) is 5.10 Å². The van der Waals surface area contributed by atoms with Crippen LogP contribution in [0.25, 0.3) is 17.1 Å². The number of nitrogens with zero attached hydrogens (tertiary/aromatic N) is 6. The molecule has 3 heterocycles. The number of benzene rings is 1. The predicted molar refractivity (Wildman–Crippen MR) is 107 cm³/mol. The first kappa shape index (κ1) is 19.6. The molecule has 0 spiro atoms. The van der Waals surface area contributed by atoms with Crippen molar-refractivity contribution >= 4 is 40.6 Å². The molecule has 0 unspecified atom stereocenters. The first-order valence-corrected chi connectivity index (χ1v) is 9.09. The van der Waals surface area contributed by atoms with Crippen molar-refractivity contribution in [1.29, 1.82) is 0 Å². The van der Waals surface area contributed by atoms with Crippen LogP contribution in [-0.4, -0.2) is 36.9 Å². The van der Waals surface area contributed by atoms with Crippen LogP contribution >= 0.6 is 23.2 Å². The summed E-state index contributed by atoms with van der Waals surface area (Å²) in [5, 5.41) is 19.8. The topological polar surface area (TPSA) is 150 Å².